The average molecular weight is 322 g/mol. The molecule has 1 N–H and O–H groups in total. The SMILES string of the molecule is CCCNC(C)c1cccn1Cc1ccc(Br)cn1. The van der Waals surface area contributed by atoms with Gasteiger partial charge >= 0.3 is 0 Å². The first-order chi connectivity index (χ1) is 9.20. The maximum absolute atomic E-state index is 4.43. The summed E-state index contributed by atoms with van der Waals surface area (Å²) in [5.74, 6) is 0. The summed E-state index contributed by atoms with van der Waals surface area (Å²) in [6.45, 7) is 6.25. The molecule has 0 amide bonds. The normalized spacial score (nSPS) is 12.6. The Balaban J connectivity index is 2.08. The molecular weight excluding hydrogens is 302 g/mol. The standard InChI is InChI=1S/C15H20BrN3/c1-3-8-17-12(2)15-5-4-9-19(15)11-14-7-6-13(16)10-18-14/h4-7,9-10,12,17H,3,8,11H2,1-2H3. The van der Waals surface area contributed by atoms with E-state index in [0.717, 1.165) is 29.7 Å². The first-order valence-electron chi connectivity index (χ1n) is 6.69. The molecule has 0 aromatic carbocycles. The monoisotopic (exact) mass is 321 g/mol. The van der Waals surface area contributed by atoms with Crippen molar-refractivity contribution >= 4 is 15.9 Å². The van der Waals surface area contributed by atoms with Crippen molar-refractivity contribution in [2.75, 3.05) is 6.54 Å². The van der Waals surface area contributed by atoms with Crippen LogP contribution in [0.1, 0.15) is 37.7 Å². The smallest absolute Gasteiger partial charge is 0.0645 e. The Morgan fingerprint density at radius 3 is 2.89 bits per heavy atom. The van der Waals surface area contributed by atoms with Gasteiger partial charge in [0.05, 0.1) is 12.2 Å². The van der Waals surface area contributed by atoms with E-state index in [0.29, 0.717) is 6.04 Å². The Labute approximate surface area is 123 Å². The molecule has 2 rings (SSSR count). The highest BCUT2D eigenvalue weighted by atomic mass is 79.9. The third-order valence-corrected chi connectivity index (χ3v) is 3.60. The molecule has 1 atom stereocenters. The summed E-state index contributed by atoms with van der Waals surface area (Å²) < 4.78 is 3.27. The van der Waals surface area contributed by atoms with Crippen molar-refractivity contribution in [1.82, 2.24) is 14.9 Å². The molecule has 2 aromatic rings. The van der Waals surface area contributed by atoms with E-state index >= 15 is 0 Å². The van der Waals surface area contributed by atoms with Crippen LogP contribution in [0.5, 0.6) is 0 Å². The van der Waals surface area contributed by atoms with Crippen molar-refractivity contribution in [3.63, 3.8) is 0 Å². The largest absolute Gasteiger partial charge is 0.344 e. The Hall–Kier alpha value is -1.13. The van der Waals surface area contributed by atoms with Gasteiger partial charge in [0.15, 0.2) is 0 Å². The molecule has 1 unspecified atom stereocenters. The number of nitrogens with one attached hydrogen (secondary N) is 1. The molecule has 102 valence electrons. The summed E-state index contributed by atoms with van der Waals surface area (Å²) in [5.41, 5.74) is 2.38. The van der Waals surface area contributed by atoms with E-state index in [1.165, 1.54) is 5.69 Å². The topological polar surface area (TPSA) is 29.9 Å². The zero-order valence-corrected chi connectivity index (χ0v) is 13.0. The molecule has 0 aliphatic heterocycles. The van der Waals surface area contributed by atoms with Crippen molar-refractivity contribution in [1.29, 1.82) is 0 Å². The van der Waals surface area contributed by atoms with E-state index in [4.69, 9.17) is 0 Å². The lowest BCUT2D eigenvalue weighted by atomic mass is 10.2. The number of aromatic nitrogens is 2. The van der Waals surface area contributed by atoms with Gasteiger partial charge in [-0.05, 0) is 60.1 Å². The number of hydrogen-bond donors (Lipinski definition) is 1. The van der Waals surface area contributed by atoms with Crippen LogP contribution in [-0.2, 0) is 6.54 Å². The molecule has 0 bridgehead atoms. The Kier molecular flexibility index (Phi) is 5.16. The van der Waals surface area contributed by atoms with E-state index in [2.05, 4.69) is 69.0 Å². The summed E-state index contributed by atoms with van der Waals surface area (Å²) in [4.78, 5) is 4.43. The summed E-state index contributed by atoms with van der Waals surface area (Å²) in [6.07, 6.45) is 5.11. The van der Waals surface area contributed by atoms with Crippen LogP contribution >= 0.6 is 15.9 Å². The van der Waals surface area contributed by atoms with Gasteiger partial charge < -0.3 is 9.88 Å². The van der Waals surface area contributed by atoms with Gasteiger partial charge in [-0.2, -0.15) is 0 Å². The van der Waals surface area contributed by atoms with Gasteiger partial charge in [-0.25, -0.2) is 0 Å². The zero-order valence-electron chi connectivity index (χ0n) is 11.4. The summed E-state index contributed by atoms with van der Waals surface area (Å²) in [6, 6.07) is 8.72. The van der Waals surface area contributed by atoms with E-state index < -0.39 is 0 Å². The third-order valence-electron chi connectivity index (χ3n) is 3.13. The predicted octanol–water partition coefficient (Wildman–Crippen LogP) is 3.75. The minimum Gasteiger partial charge on any atom is -0.344 e. The number of halogens is 1. The first kappa shape index (κ1) is 14.3. The number of rotatable bonds is 6. The summed E-state index contributed by atoms with van der Waals surface area (Å²) in [5, 5.41) is 3.52. The van der Waals surface area contributed by atoms with Gasteiger partial charge in [0.25, 0.3) is 0 Å². The van der Waals surface area contributed by atoms with Crippen LogP contribution < -0.4 is 5.32 Å². The van der Waals surface area contributed by atoms with E-state index in [9.17, 15) is 0 Å². The molecule has 2 aromatic heterocycles. The van der Waals surface area contributed by atoms with E-state index in [-0.39, 0.29) is 0 Å². The fraction of sp³-hybridized carbons (Fsp3) is 0.400. The quantitative estimate of drug-likeness (QED) is 0.878. The summed E-state index contributed by atoms with van der Waals surface area (Å²) in [7, 11) is 0. The van der Waals surface area contributed by atoms with E-state index in [1.54, 1.807) is 0 Å². The van der Waals surface area contributed by atoms with Crippen molar-refractivity contribution in [3.8, 4) is 0 Å². The van der Waals surface area contributed by atoms with Crippen LogP contribution in [0, 0.1) is 0 Å². The molecule has 0 saturated carbocycles. The van der Waals surface area contributed by atoms with Crippen LogP contribution in [0.2, 0.25) is 0 Å². The fourth-order valence-electron chi connectivity index (χ4n) is 2.10. The van der Waals surface area contributed by atoms with Crippen LogP contribution in [-0.4, -0.2) is 16.1 Å². The molecule has 0 radical (unpaired) electrons. The highest BCUT2D eigenvalue weighted by Crippen LogP contribution is 2.15. The highest BCUT2D eigenvalue weighted by Gasteiger charge is 2.09. The molecule has 3 nitrogen and oxygen atoms in total. The van der Waals surface area contributed by atoms with E-state index in [1.807, 2.05) is 12.3 Å². The van der Waals surface area contributed by atoms with Gasteiger partial charge in [-0.3, -0.25) is 4.98 Å². The van der Waals surface area contributed by atoms with Crippen molar-refractivity contribution < 1.29 is 0 Å². The molecule has 0 fully saturated rings. The van der Waals surface area contributed by atoms with Gasteiger partial charge in [0.1, 0.15) is 0 Å². The van der Waals surface area contributed by atoms with Crippen LogP contribution in [0.3, 0.4) is 0 Å². The highest BCUT2D eigenvalue weighted by molar-refractivity contribution is 9.10. The van der Waals surface area contributed by atoms with Gasteiger partial charge in [0, 0.05) is 28.6 Å². The van der Waals surface area contributed by atoms with Crippen LogP contribution in [0.15, 0.2) is 41.1 Å². The van der Waals surface area contributed by atoms with Gasteiger partial charge in [0.2, 0.25) is 0 Å². The second kappa shape index (κ2) is 6.87. The lowest BCUT2D eigenvalue weighted by molar-refractivity contribution is 0.533. The van der Waals surface area contributed by atoms with Crippen molar-refractivity contribution in [2.45, 2.75) is 32.9 Å². The maximum atomic E-state index is 4.43. The molecule has 0 saturated heterocycles. The molecule has 0 aliphatic rings. The van der Waals surface area contributed by atoms with Gasteiger partial charge in [-0.1, -0.05) is 6.92 Å². The Morgan fingerprint density at radius 2 is 2.21 bits per heavy atom. The fourth-order valence-corrected chi connectivity index (χ4v) is 2.34. The van der Waals surface area contributed by atoms with Crippen molar-refractivity contribution in [2.24, 2.45) is 0 Å². The predicted molar refractivity (Wildman–Crippen MR) is 82.2 cm³/mol. The Bertz CT molecular complexity index is 504. The second-order valence-corrected chi connectivity index (χ2v) is 5.62. The van der Waals surface area contributed by atoms with Crippen LogP contribution in [0.4, 0.5) is 0 Å². The molecule has 19 heavy (non-hydrogen) atoms. The number of pyridine rings is 1. The Morgan fingerprint density at radius 1 is 1.37 bits per heavy atom. The maximum Gasteiger partial charge on any atom is 0.0645 e. The average Bonchev–Trinajstić information content (AvgIpc) is 2.87. The first-order valence-corrected chi connectivity index (χ1v) is 7.49. The zero-order chi connectivity index (χ0) is 13.7. The molecule has 0 aliphatic carbocycles. The third kappa shape index (κ3) is 3.91. The summed E-state index contributed by atoms with van der Waals surface area (Å²) >= 11 is 3.41. The van der Waals surface area contributed by atoms with Crippen molar-refractivity contribution in [3.05, 3.63) is 52.5 Å². The lowest BCUT2D eigenvalue weighted by Crippen LogP contribution is -2.22. The van der Waals surface area contributed by atoms with Gasteiger partial charge in [-0.15, -0.1) is 0 Å². The minimum absolute atomic E-state index is 0.366. The second-order valence-electron chi connectivity index (χ2n) is 4.70. The number of hydrogen-bond acceptors (Lipinski definition) is 2. The minimum atomic E-state index is 0.366. The molecule has 2 heterocycles. The molecule has 4 heteroatoms. The lowest BCUT2D eigenvalue weighted by Gasteiger charge is -2.16. The number of nitrogens with zero attached hydrogens (tertiary/aromatic N) is 2. The van der Waals surface area contributed by atoms with Crippen LogP contribution in [0.25, 0.3) is 0 Å². The molecule has 0 spiro atoms. The molecular formula is C15H20BrN3.